The van der Waals surface area contributed by atoms with E-state index in [0.717, 1.165) is 5.56 Å². The largest absolute Gasteiger partial charge is 0.507 e. The number of ketones is 1. The Balaban J connectivity index is 1.57. The van der Waals surface area contributed by atoms with Crippen LogP contribution in [0, 0.1) is 6.92 Å². The zero-order valence-electron chi connectivity index (χ0n) is 19.8. The van der Waals surface area contributed by atoms with Crippen LogP contribution in [0.4, 0.5) is 4.79 Å². The zero-order valence-corrected chi connectivity index (χ0v) is 19.8. The average molecular weight is 467 g/mol. The molecule has 4 rings (SSSR count). The van der Waals surface area contributed by atoms with E-state index in [0.29, 0.717) is 74.1 Å². The predicted octanol–water partition coefficient (Wildman–Crippen LogP) is 3.99. The highest BCUT2D eigenvalue weighted by atomic mass is 16.6. The monoisotopic (exact) mass is 466 g/mol. The molecule has 8 heteroatoms. The van der Waals surface area contributed by atoms with Crippen molar-refractivity contribution in [1.82, 2.24) is 9.80 Å². The Hall–Kier alpha value is -3.52. The topological polar surface area (TPSA) is 88.5 Å². The van der Waals surface area contributed by atoms with Crippen molar-refractivity contribution in [2.24, 2.45) is 0 Å². The summed E-state index contributed by atoms with van der Waals surface area (Å²) in [5.41, 5.74) is 2.45. The number of hydrogen-bond donors (Lipinski definition) is 1. The van der Waals surface area contributed by atoms with Crippen molar-refractivity contribution in [1.29, 1.82) is 0 Å². The fourth-order valence-corrected chi connectivity index (χ4v) is 4.29. The van der Waals surface area contributed by atoms with E-state index in [9.17, 15) is 14.7 Å². The summed E-state index contributed by atoms with van der Waals surface area (Å²) in [6.07, 6.45) is 1.38. The van der Waals surface area contributed by atoms with E-state index in [1.165, 1.54) is 0 Å². The van der Waals surface area contributed by atoms with E-state index in [2.05, 4.69) is 4.90 Å². The Labute approximate surface area is 199 Å². The molecule has 34 heavy (non-hydrogen) atoms. The van der Waals surface area contributed by atoms with Gasteiger partial charge in [0.15, 0.2) is 5.76 Å². The minimum Gasteiger partial charge on any atom is -0.507 e. The van der Waals surface area contributed by atoms with Crippen LogP contribution in [0.25, 0.3) is 6.08 Å². The molecule has 2 aliphatic heterocycles. The van der Waals surface area contributed by atoms with Gasteiger partial charge in [0.05, 0.1) is 24.3 Å². The van der Waals surface area contributed by atoms with Crippen LogP contribution < -0.4 is 9.47 Å². The minimum atomic E-state index is -0.308. The first kappa shape index (κ1) is 23.6. The van der Waals surface area contributed by atoms with Gasteiger partial charge in [-0.1, -0.05) is 18.2 Å². The second-order valence-electron chi connectivity index (χ2n) is 8.27. The van der Waals surface area contributed by atoms with Crippen molar-refractivity contribution in [2.45, 2.75) is 27.3 Å². The van der Waals surface area contributed by atoms with Crippen LogP contribution in [-0.2, 0) is 11.3 Å². The summed E-state index contributed by atoms with van der Waals surface area (Å²) in [6.45, 7) is 9.06. The molecular weight excluding hydrogens is 436 g/mol. The quantitative estimate of drug-likeness (QED) is 0.644. The summed E-state index contributed by atoms with van der Waals surface area (Å²) in [5, 5.41) is 10.7. The maximum Gasteiger partial charge on any atom is 0.409 e. The molecule has 2 aliphatic rings. The molecule has 1 saturated heterocycles. The lowest BCUT2D eigenvalue weighted by molar-refractivity contribution is 0.0774. The summed E-state index contributed by atoms with van der Waals surface area (Å²) in [5.74, 6) is 1.14. The van der Waals surface area contributed by atoms with Gasteiger partial charge < -0.3 is 24.2 Å². The zero-order chi connectivity index (χ0) is 24.2. The molecule has 2 heterocycles. The lowest BCUT2D eigenvalue weighted by Crippen LogP contribution is -2.48. The second kappa shape index (κ2) is 10.2. The van der Waals surface area contributed by atoms with E-state index in [4.69, 9.17) is 14.2 Å². The van der Waals surface area contributed by atoms with Crippen molar-refractivity contribution in [3.05, 3.63) is 58.3 Å². The molecule has 0 bridgehead atoms. The van der Waals surface area contributed by atoms with Crippen LogP contribution in [0.2, 0.25) is 0 Å². The number of allylic oxidation sites excluding steroid dienone is 1. The van der Waals surface area contributed by atoms with E-state index in [-0.39, 0.29) is 23.4 Å². The molecule has 1 fully saturated rings. The summed E-state index contributed by atoms with van der Waals surface area (Å²) < 4.78 is 16.8. The number of aryl methyl sites for hydroxylation is 1. The van der Waals surface area contributed by atoms with Crippen LogP contribution in [0.1, 0.15) is 40.9 Å². The number of benzene rings is 2. The Morgan fingerprint density at radius 2 is 1.88 bits per heavy atom. The van der Waals surface area contributed by atoms with Crippen molar-refractivity contribution in [2.75, 3.05) is 39.4 Å². The van der Waals surface area contributed by atoms with Crippen molar-refractivity contribution >= 4 is 18.0 Å². The van der Waals surface area contributed by atoms with Crippen LogP contribution in [0.3, 0.4) is 0 Å². The molecule has 0 saturated carbocycles. The van der Waals surface area contributed by atoms with Crippen LogP contribution >= 0.6 is 0 Å². The fourth-order valence-electron chi connectivity index (χ4n) is 4.29. The lowest BCUT2D eigenvalue weighted by Gasteiger charge is -2.34. The summed E-state index contributed by atoms with van der Waals surface area (Å²) in [7, 11) is 0. The molecule has 8 nitrogen and oxygen atoms in total. The fraction of sp³-hybridized carbons (Fsp3) is 0.385. The number of hydrogen-bond acceptors (Lipinski definition) is 7. The molecule has 1 amide bonds. The molecule has 0 unspecified atom stereocenters. The number of phenolic OH excluding ortho intramolecular Hbond substituents is 1. The standard InChI is InChI=1S/C26H30N2O6/c1-4-32-21-9-7-6-8-18(21)15-22-24(30)23-17(3)14-20(29)19(25(23)34-22)16-27-10-12-28(13-11-27)26(31)33-5-2/h6-9,14-15,29H,4-5,10-13,16H2,1-3H3/b22-15+. The number of para-hydroxylation sites is 1. The van der Waals surface area contributed by atoms with Gasteiger partial charge in [-0.3, -0.25) is 9.69 Å². The SMILES string of the molecule is CCOC(=O)N1CCN(Cc2c(O)cc(C)c3c2O/C(=C/c2ccccc2OCC)C3=O)CC1. The molecule has 2 aromatic rings. The Morgan fingerprint density at radius 1 is 1.15 bits per heavy atom. The number of piperazine rings is 1. The molecule has 0 aliphatic carbocycles. The number of Topliss-reactive ketones (excluding diaryl/α,β-unsaturated/α-hetero) is 1. The smallest absolute Gasteiger partial charge is 0.409 e. The number of aromatic hydroxyl groups is 1. The molecule has 0 radical (unpaired) electrons. The van der Waals surface area contributed by atoms with E-state index < -0.39 is 0 Å². The maximum absolute atomic E-state index is 13.2. The second-order valence-corrected chi connectivity index (χ2v) is 8.27. The van der Waals surface area contributed by atoms with E-state index in [1.807, 2.05) is 31.2 Å². The van der Waals surface area contributed by atoms with Gasteiger partial charge >= 0.3 is 6.09 Å². The average Bonchev–Trinajstić information content (AvgIpc) is 3.15. The van der Waals surface area contributed by atoms with E-state index >= 15 is 0 Å². The number of phenols is 1. The number of rotatable bonds is 6. The molecule has 180 valence electrons. The lowest BCUT2D eigenvalue weighted by atomic mass is 9.99. The molecule has 2 aromatic carbocycles. The molecule has 0 spiro atoms. The Morgan fingerprint density at radius 3 is 2.59 bits per heavy atom. The van der Waals surface area contributed by atoms with Gasteiger partial charge in [-0.15, -0.1) is 0 Å². The number of carbonyl (C=O) groups excluding carboxylic acids is 2. The Bertz CT molecular complexity index is 1120. The first-order valence-electron chi connectivity index (χ1n) is 11.6. The Kier molecular flexibility index (Phi) is 7.07. The molecule has 0 atom stereocenters. The van der Waals surface area contributed by atoms with Crippen LogP contribution in [0.5, 0.6) is 17.2 Å². The van der Waals surface area contributed by atoms with Crippen molar-refractivity contribution in [3.8, 4) is 17.2 Å². The number of amides is 1. The van der Waals surface area contributed by atoms with Gasteiger partial charge in [0.1, 0.15) is 17.2 Å². The highest BCUT2D eigenvalue weighted by molar-refractivity contribution is 6.16. The maximum atomic E-state index is 13.2. The molecule has 0 aromatic heterocycles. The van der Waals surface area contributed by atoms with E-state index in [1.54, 1.807) is 30.9 Å². The third-order valence-corrected chi connectivity index (χ3v) is 6.01. The molecular formula is C26H30N2O6. The van der Waals surface area contributed by atoms with Gasteiger partial charge in [0.25, 0.3) is 0 Å². The van der Waals surface area contributed by atoms with Gasteiger partial charge in [-0.25, -0.2) is 4.79 Å². The summed E-state index contributed by atoms with van der Waals surface area (Å²) >= 11 is 0. The van der Waals surface area contributed by atoms with Crippen molar-refractivity contribution < 1.29 is 28.9 Å². The number of carbonyl (C=O) groups is 2. The number of ether oxygens (including phenoxy) is 3. The molecule has 1 N–H and O–H groups in total. The third-order valence-electron chi connectivity index (χ3n) is 6.01. The van der Waals surface area contributed by atoms with Gasteiger partial charge in [-0.05, 0) is 44.5 Å². The highest BCUT2D eigenvalue weighted by Crippen LogP contribution is 2.42. The first-order chi connectivity index (χ1) is 16.4. The summed E-state index contributed by atoms with van der Waals surface area (Å²) in [4.78, 5) is 29.0. The third kappa shape index (κ3) is 4.72. The van der Waals surface area contributed by atoms with Crippen molar-refractivity contribution in [3.63, 3.8) is 0 Å². The normalized spacial score (nSPS) is 17.0. The first-order valence-corrected chi connectivity index (χ1v) is 11.6. The van der Waals surface area contributed by atoms with Gasteiger partial charge in [0.2, 0.25) is 5.78 Å². The minimum absolute atomic E-state index is 0.0906. The van der Waals surface area contributed by atoms with Crippen LogP contribution in [-0.4, -0.2) is 66.2 Å². The van der Waals surface area contributed by atoms with Crippen LogP contribution in [0.15, 0.2) is 36.1 Å². The number of fused-ring (bicyclic) bond motifs is 1. The number of nitrogens with zero attached hydrogens (tertiary/aromatic N) is 2. The highest BCUT2D eigenvalue weighted by Gasteiger charge is 2.34. The van der Waals surface area contributed by atoms with Gasteiger partial charge in [0, 0.05) is 38.3 Å². The van der Waals surface area contributed by atoms with Gasteiger partial charge in [-0.2, -0.15) is 0 Å². The summed E-state index contributed by atoms with van der Waals surface area (Å²) in [6, 6.07) is 9.08. The predicted molar refractivity (Wildman–Crippen MR) is 127 cm³/mol.